The fourth-order valence-corrected chi connectivity index (χ4v) is 2.53. The lowest BCUT2D eigenvalue weighted by Gasteiger charge is -2.20. The first-order valence-electron chi connectivity index (χ1n) is 7.03. The number of methoxy groups -OCH3 is 2. The van der Waals surface area contributed by atoms with Crippen LogP contribution in [0, 0.1) is 6.92 Å². The molecule has 0 saturated heterocycles. The van der Waals surface area contributed by atoms with Crippen molar-refractivity contribution in [2.24, 2.45) is 0 Å². The minimum atomic E-state index is -0.941. The molecule has 0 aromatic heterocycles. The van der Waals surface area contributed by atoms with E-state index in [1.165, 1.54) is 0 Å². The van der Waals surface area contributed by atoms with Crippen molar-refractivity contribution in [3.05, 3.63) is 59.2 Å². The predicted molar refractivity (Wildman–Crippen MR) is 85.2 cm³/mol. The first-order chi connectivity index (χ1) is 10.6. The topological polar surface area (TPSA) is 55.8 Å². The lowest BCUT2D eigenvalue weighted by Crippen LogP contribution is -2.13. The Morgan fingerprint density at radius 2 is 1.82 bits per heavy atom. The summed E-state index contributed by atoms with van der Waals surface area (Å²) >= 11 is 0. The van der Waals surface area contributed by atoms with Gasteiger partial charge in [0.2, 0.25) is 0 Å². The molecule has 0 saturated carbocycles. The summed E-state index contributed by atoms with van der Waals surface area (Å²) in [5.74, 6) is -0.941. The number of rotatable bonds is 6. The van der Waals surface area contributed by atoms with Crippen LogP contribution in [0.1, 0.15) is 27.6 Å². The van der Waals surface area contributed by atoms with Crippen molar-refractivity contribution in [3.63, 3.8) is 0 Å². The zero-order valence-electron chi connectivity index (χ0n) is 13.0. The van der Waals surface area contributed by atoms with E-state index in [9.17, 15) is 9.90 Å². The van der Waals surface area contributed by atoms with E-state index < -0.39 is 5.97 Å². The van der Waals surface area contributed by atoms with E-state index in [1.807, 2.05) is 36.4 Å². The van der Waals surface area contributed by atoms with Crippen LogP contribution in [0.4, 0.5) is 0 Å². The molecule has 0 aliphatic rings. The van der Waals surface area contributed by atoms with Gasteiger partial charge in [-0.3, -0.25) is 0 Å². The van der Waals surface area contributed by atoms with Crippen molar-refractivity contribution in [1.29, 1.82) is 0 Å². The standard InChI is InChI=1S/C18H20O4/c1-12-15(17(22-3)11-21-2)9-14(10-16(12)18(19)20)13-7-5-4-6-8-13/h4-10,17H,11H2,1-3H3,(H,19,20). The summed E-state index contributed by atoms with van der Waals surface area (Å²) in [5, 5.41) is 9.47. The Bertz CT molecular complexity index is 650. The molecule has 2 aromatic rings. The molecule has 0 spiro atoms. The van der Waals surface area contributed by atoms with Crippen molar-refractivity contribution in [2.45, 2.75) is 13.0 Å². The Hall–Kier alpha value is -2.17. The highest BCUT2D eigenvalue weighted by atomic mass is 16.5. The van der Waals surface area contributed by atoms with Crippen LogP contribution in [0.5, 0.6) is 0 Å². The molecule has 0 radical (unpaired) electrons. The highest BCUT2D eigenvalue weighted by Crippen LogP contribution is 2.30. The largest absolute Gasteiger partial charge is 0.478 e. The molecule has 4 nitrogen and oxygen atoms in total. The maximum absolute atomic E-state index is 11.6. The maximum atomic E-state index is 11.6. The molecule has 1 N–H and O–H groups in total. The van der Waals surface area contributed by atoms with Crippen molar-refractivity contribution >= 4 is 5.97 Å². The third-order valence-corrected chi connectivity index (χ3v) is 3.73. The van der Waals surface area contributed by atoms with E-state index in [0.29, 0.717) is 12.2 Å². The van der Waals surface area contributed by atoms with Crippen LogP contribution in [0.25, 0.3) is 11.1 Å². The molecule has 2 rings (SSSR count). The minimum absolute atomic E-state index is 0.287. The number of carboxylic acids is 1. The van der Waals surface area contributed by atoms with Gasteiger partial charge in [0.1, 0.15) is 6.10 Å². The number of hydrogen-bond donors (Lipinski definition) is 1. The molecule has 0 aliphatic carbocycles. The van der Waals surface area contributed by atoms with Crippen molar-refractivity contribution in [1.82, 2.24) is 0 Å². The number of benzene rings is 2. The molecule has 0 bridgehead atoms. The van der Waals surface area contributed by atoms with E-state index in [-0.39, 0.29) is 11.7 Å². The second kappa shape index (κ2) is 7.20. The van der Waals surface area contributed by atoms with Crippen LogP contribution in [0.2, 0.25) is 0 Å². The van der Waals surface area contributed by atoms with Crippen molar-refractivity contribution in [2.75, 3.05) is 20.8 Å². The lowest BCUT2D eigenvalue weighted by molar-refractivity contribution is 0.0270. The fraction of sp³-hybridized carbons (Fsp3) is 0.278. The molecule has 0 aliphatic heterocycles. The molecule has 1 atom stereocenters. The quantitative estimate of drug-likeness (QED) is 0.884. The van der Waals surface area contributed by atoms with Crippen LogP contribution in [0.15, 0.2) is 42.5 Å². The summed E-state index contributed by atoms with van der Waals surface area (Å²) in [6.07, 6.45) is -0.299. The fourth-order valence-electron chi connectivity index (χ4n) is 2.53. The van der Waals surface area contributed by atoms with Gasteiger partial charge in [-0.1, -0.05) is 30.3 Å². The maximum Gasteiger partial charge on any atom is 0.335 e. The Balaban J connectivity index is 2.62. The zero-order valence-corrected chi connectivity index (χ0v) is 13.0. The smallest absolute Gasteiger partial charge is 0.335 e. The van der Waals surface area contributed by atoms with E-state index >= 15 is 0 Å². The summed E-state index contributed by atoms with van der Waals surface area (Å²) in [4.78, 5) is 11.6. The van der Waals surface area contributed by atoms with Crippen LogP contribution in [-0.4, -0.2) is 31.9 Å². The number of ether oxygens (including phenoxy) is 2. The van der Waals surface area contributed by atoms with E-state index in [1.54, 1.807) is 27.2 Å². The zero-order chi connectivity index (χ0) is 16.1. The van der Waals surface area contributed by atoms with Gasteiger partial charge < -0.3 is 14.6 Å². The first kappa shape index (κ1) is 16.2. The van der Waals surface area contributed by atoms with Gasteiger partial charge in [-0.25, -0.2) is 4.79 Å². The van der Waals surface area contributed by atoms with Gasteiger partial charge in [-0.2, -0.15) is 0 Å². The Morgan fingerprint density at radius 3 is 2.36 bits per heavy atom. The Morgan fingerprint density at radius 1 is 1.14 bits per heavy atom. The molecule has 1 unspecified atom stereocenters. The molecule has 0 heterocycles. The second-order valence-corrected chi connectivity index (χ2v) is 5.09. The minimum Gasteiger partial charge on any atom is -0.478 e. The van der Waals surface area contributed by atoms with Gasteiger partial charge >= 0.3 is 5.97 Å². The number of carbonyl (C=O) groups is 1. The molecule has 4 heteroatoms. The average Bonchev–Trinajstić information content (AvgIpc) is 2.53. The summed E-state index contributed by atoms with van der Waals surface area (Å²) in [6.45, 7) is 2.17. The van der Waals surface area contributed by atoms with E-state index in [4.69, 9.17) is 9.47 Å². The Labute approximate surface area is 130 Å². The van der Waals surface area contributed by atoms with Gasteiger partial charge in [0.25, 0.3) is 0 Å². The molecule has 2 aromatic carbocycles. The van der Waals surface area contributed by atoms with Crippen LogP contribution < -0.4 is 0 Å². The van der Waals surface area contributed by atoms with Gasteiger partial charge in [-0.15, -0.1) is 0 Å². The first-order valence-corrected chi connectivity index (χ1v) is 7.03. The number of hydrogen-bond acceptors (Lipinski definition) is 3. The van der Waals surface area contributed by atoms with Crippen molar-refractivity contribution < 1.29 is 19.4 Å². The van der Waals surface area contributed by atoms with Gasteiger partial charge in [0.05, 0.1) is 12.2 Å². The summed E-state index contributed by atoms with van der Waals surface area (Å²) in [6, 6.07) is 13.4. The molecule has 0 amide bonds. The molecular formula is C18H20O4. The van der Waals surface area contributed by atoms with E-state index in [0.717, 1.165) is 16.7 Å². The number of aromatic carboxylic acids is 1. The average molecular weight is 300 g/mol. The summed E-state index contributed by atoms with van der Waals surface area (Å²) < 4.78 is 10.6. The third kappa shape index (κ3) is 3.35. The normalized spacial score (nSPS) is 12.1. The number of carboxylic acid groups (broad SMARTS) is 1. The SMILES string of the molecule is COCC(OC)c1cc(-c2ccccc2)cc(C(=O)O)c1C. The molecular weight excluding hydrogens is 280 g/mol. The monoisotopic (exact) mass is 300 g/mol. The summed E-state index contributed by atoms with van der Waals surface area (Å²) in [7, 11) is 3.19. The van der Waals surface area contributed by atoms with E-state index in [2.05, 4.69) is 0 Å². The van der Waals surface area contributed by atoms with Gasteiger partial charge in [0.15, 0.2) is 0 Å². The Kier molecular flexibility index (Phi) is 5.31. The van der Waals surface area contributed by atoms with Crippen molar-refractivity contribution in [3.8, 4) is 11.1 Å². The van der Waals surface area contributed by atoms with Gasteiger partial charge in [0, 0.05) is 14.2 Å². The predicted octanol–water partition coefficient (Wildman–Crippen LogP) is 3.69. The highest BCUT2D eigenvalue weighted by Gasteiger charge is 2.19. The van der Waals surface area contributed by atoms with Crippen LogP contribution in [-0.2, 0) is 9.47 Å². The molecule has 116 valence electrons. The lowest BCUT2D eigenvalue weighted by atomic mass is 9.92. The molecule has 0 fully saturated rings. The summed E-state index contributed by atoms with van der Waals surface area (Å²) in [5.41, 5.74) is 3.66. The molecule has 22 heavy (non-hydrogen) atoms. The van der Waals surface area contributed by atoms with Gasteiger partial charge in [-0.05, 0) is 41.3 Å². The highest BCUT2D eigenvalue weighted by molar-refractivity contribution is 5.91. The third-order valence-electron chi connectivity index (χ3n) is 3.73. The van der Waals surface area contributed by atoms with Crippen LogP contribution >= 0.6 is 0 Å². The second-order valence-electron chi connectivity index (χ2n) is 5.09. The van der Waals surface area contributed by atoms with Crippen LogP contribution in [0.3, 0.4) is 0 Å².